The van der Waals surface area contributed by atoms with E-state index in [0.29, 0.717) is 42.7 Å². The van der Waals surface area contributed by atoms with Crippen molar-refractivity contribution in [3.05, 3.63) is 24.7 Å². The van der Waals surface area contributed by atoms with Crippen LogP contribution in [0.15, 0.2) is 19.0 Å². The molecule has 4 rings (SSSR count). The van der Waals surface area contributed by atoms with Crippen LogP contribution in [-0.2, 0) is 14.8 Å². The number of carbonyl (C=O) groups excluding carboxylic acids is 1. The van der Waals surface area contributed by atoms with Crippen molar-refractivity contribution < 1.29 is 13.2 Å². The molecule has 0 aromatic carbocycles. The predicted octanol–water partition coefficient (Wildman–Crippen LogP) is 0.191. The highest BCUT2D eigenvalue weighted by molar-refractivity contribution is 7.90. The summed E-state index contributed by atoms with van der Waals surface area (Å²) in [5.41, 5.74) is 6.99. The van der Waals surface area contributed by atoms with Gasteiger partial charge in [0.05, 0.1) is 23.2 Å². The zero-order valence-corrected chi connectivity index (χ0v) is 17.2. The Morgan fingerprint density at radius 1 is 1.37 bits per heavy atom. The summed E-state index contributed by atoms with van der Waals surface area (Å²) in [5.74, 6) is 5.84. The summed E-state index contributed by atoms with van der Waals surface area (Å²) >= 11 is 0. The lowest BCUT2D eigenvalue weighted by molar-refractivity contribution is -0.127. The molecule has 10 nitrogen and oxygen atoms in total. The second-order valence-corrected chi connectivity index (χ2v) is 9.45. The van der Waals surface area contributed by atoms with Crippen molar-refractivity contribution in [2.24, 2.45) is 0 Å². The summed E-state index contributed by atoms with van der Waals surface area (Å²) in [6.45, 7) is 4.70. The number of nitrogen functional groups attached to an aromatic ring is 1. The maximum Gasteiger partial charge on any atom is 0.246 e. The molecule has 1 atom stereocenters. The number of carbonyl (C=O) groups is 1. The third-order valence-electron chi connectivity index (χ3n) is 5.28. The normalized spacial score (nSPS) is 19.3. The molecule has 1 amide bonds. The average molecular weight is 430 g/mol. The molecule has 1 aliphatic heterocycles. The van der Waals surface area contributed by atoms with Gasteiger partial charge in [-0.05, 0) is 37.7 Å². The molecule has 3 heterocycles. The van der Waals surface area contributed by atoms with Crippen molar-refractivity contribution in [1.82, 2.24) is 29.4 Å². The Morgan fingerprint density at radius 3 is 2.90 bits per heavy atom. The number of nitrogens with zero attached hydrogens (tertiary/aromatic N) is 5. The van der Waals surface area contributed by atoms with Crippen molar-refractivity contribution in [3.63, 3.8) is 0 Å². The summed E-state index contributed by atoms with van der Waals surface area (Å²) < 4.78 is 28.1. The summed E-state index contributed by atoms with van der Waals surface area (Å²) in [6.07, 6.45) is 5.72. The number of hydrogen-bond acceptors (Lipinski definition) is 7. The molecular formula is C19H23N7O3S. The van der Waals surface area contributed by atoms with Gasteiger partial charge in [-0.1, -0.05) is 12.5 Å². The van der Waals surface area contributed by atoms with E-state index in [2.05, 4.69) is 38.2 Å². The first-order valence-corrected chi connectivity index (χ1v) is 11.3. The lowest BCUT2D eigenvalue weighted by atomic mass is 10.1. The Kier molecular flexibility index (Phi) is 5.44. The Hall–Kier alpha value is -2.97. The van der Waals surface area contributed by atoms with Gasteiger partial charge in [-0.2, -0.15) is 5.10 Å². The highest BCUT2D eigenvalue weighted by atomic mass is 32.2. The lowest BCUT2D eigenvalue weighted by Crippen LogP contribution is -2.40. The number of hydrogen-bond donors (Lipinski definition) is 2. The molecule has 158 valence electrons. The van der Waals surface area contributed by atoms with Gasteiger partial charge in [0.1, 0.15) is 17.8 Å². The van der Waals surface area contributed by atoms with E-state index in [0.717, 1.165) is 12.8 Å². The number of aromatic nitrogens is 4. The number of rotatable bonds is 5. The molecule has 0 radical (unpaired) electrons. The van der Waals surface area contributed by atoms with E-state index in [1.807, 2.05) is 0 Å². The van der Waals surface area contributed by atoms with Crippen LogP contribution < -0.4 is 10.5 Å². The van der Waals surface area contributed by atoms with Crippen LogP contribution in [-0.4, -0.2) is 63.9 Å². The molecule has 2 aromatic rings. The number of anilines is 1. The Labute approximate surface area is 174 Å². The van der Waals surface area contributed by atoms with Crippen molar-refractivity contribution in [3.8, 4) is 11.8 Å². The van der Waals surface area contributed by atoms with Crippen LogP contribution in [0.5, 0.6) is 0 Å². The largest absolute Gasteiger partial charge is 0.383 e. The lowest BCUT2D eigenvalue weighted by Gasteiger charge is -2.32. The molecule has 30 heavy (non-hydrogen) atoms. The van der Waals surface area contributed by atoms with Gasteiger partial charge in [-0.3, -0.25) is 4.79 Å². The number of nitrogens with two attached hydrogens (primary N) is 1. The standard InChI is InChI=1S/C19H23N7O3S/c1-2-16(27)25-10-4-5-13(11-25)26-19-17(18(20)21-12-22-19)15(24-26)6-3-9-23-30(28,29)14-7-8-14/h2,12-14,23H,1,4-5,7-11H2,(H2,20,21,22). The fourth-order valence-corrected chi connectivity index (χ4v) is 4.85. The van der Waals surface area contributed by atoms with E-state index in [4.69, 9.17) is 5.73 Å². The van der Waals surface area contributed by atoms with E-state index in [1.165, 1.54) is 12.4 Å². The number of amides is 1. The predicted molar refractivity (Wildman–Crippen MR) is 112 cm³/mol. The second-order valence-electron chi connectivity index (χ2n) is 7.40. The SMILES string of the molecule is C=CC(=O)N1CCCC(n2nc(C#CCNS(=O)(=O)C3CC3)c3c(N)ncnc32)C1. The molecule has 2 fully saturated rings. The van der Waals surface area contributed by atoms with Crippen molar-refractivity contribution in [1.29, 1.82) is 0 Å². The van der Waals surface area contributed by atoms with Crippen LogP contribution in [0, 0.1) is 11.8 Å². The molecule has 2 aromatic heterocycles. The number of nitrogens with one attached hydrogen (secondary N) is 1. The van der Waals surface area contributed by atoms with E-state index in [1.54, 1.807) is 9.58 Å². The van der Waals surface area contributed by atoms with Gasteiger partial charge in [0.2, 0.25) is 15.9 Å². The van der Waals surface area contributed by atoms with Crippen LogP contribution in [0.1, 0.15) is 37.4 Å². The fourth-order valence-electron chi connectivity index (χ4n) is 3.58. The highest BCUT2D eigenvalue weighted by Crippen LogP contribution is 2.28. The number of likely N-dealkylation sites (tertiary alicyclic amines) is 1. The van der Waals surface area contributed by atoms with Gasteiger partial charge in [-0.25, -0.2) is 27.8 Å². The summed E-state index contributed by atoms with van der Waals surface area (Å²) in [5, 5.41) is 4.83. The van der Waals surface area contributed by atoms with Gasteiger partial charge in [-0.15, -0.1) is 0 Å². The third kappa shape index (κ3) is 4.01. The van der Waals surface area contributed by atoms with E-state index < -0.39 is 10.0 Å². The molecule has 0 spiro atoms. The average Bonchev–Trinajstić information content (AvgIpc) is 3.54. The van der Waals surface area contributed by atoms with Crippen LogP contribution in [0.4, 0.5) is 5.82 Å². The summed E-state index contributed by atoms with van der Waals surface area (Å²) in [7, 11) is -3.29. The van der Waals surface area contributed by atoms with Gasteiger partial charge in [0.15, 0.2) is 5.65 Å². The summed E-state index contributed by atoms with van der Waals surface area (Å²) in [6, 6.07) is -0.0802. The number of piperidine rings is 1. The van der Waals surface area contributed by atoms with Gasteiger partial charge in [0, 0.05) is 13.1 Å². The van der Waals surface area contributed by atoms with E-state index in [9.17, 15) is 13.2 Å². The third-order valence-corrected chi connectivity index (χ3v) is 7.17. The van der Waals surface area contributed by atoms with Crippen molar-refractivity contribution in [2.45, 2.75) is 37.0 Å². The Balaban J connectivity index is 1.61. The first-order chi connectivity index (χ1) is 14.4. The number of sulfonamides is 1. The minimum absolute atomic E-state index is 0.00811. The first kappa shape index (κ1) is 20.3. The number of fused-ring (bicyclic) bond motifs is 1. The van der Waals surface area contributed by atoms with Crippen LogP contribution in [0.25, 0.3) is 11.0 Å². The molecule has 1 saturated heterocycles. The Morgan fingerprint density at radius 2 is 2.17 bits per heavy atom. The van der Waals surface area contributed by atoms with Crippen molar-refractivity contribution in [2.75, 3.05) is 25.4 Å². The second kappa shape index (κ2) is 8.04. The zero-order chi connectivity index (χ0) is 21.3. The van der Waals surface area contributed by atoms with Gasteiger partial charge in [0.25, 0.3) is 0 Å². The minimum atomic E-state index is -3.29. The van der Waals surface area contributed by atoms with Crippen LogP contribution >= 0.6 is 0 Å². The maximum absolute atomic E-state index is 12.0. The molecular weight excluding hydrogens is 406 g/mol. The molecule has 3 N–H and O–H groups in total. The topological polar surface area (TPSA) is 136 Å². The smallest absolute Gasteiger partial charge is 0.246 e. The highest BCUT2D eigenvalue weighted by Gasteiger charge is 2.35. The van der Waals surface area contributed by atoms with E-state index in [-0.39, 0.29) is 29.6 Å². The molecule has 0 bridgehead atoms. The first-order valence-electron chi connectivity index (χ1n) is 9.78. The van der Waals surface area contributed by atoms with Gasteiger partial charge < -0.3 is 10.6 Å². The van der Waals surface area contributed by atoms with Crippen molar-refractivity contribution >= 4 is 32.8 Å². The monoisotopic (exact) mass is 429 g/mol. The molecule has 1 aliphatic carbocycles. The van der Waals surface area contributed by atoms with Crippen LogP contribution in [0.3, 0.4) is 0 Å². The molecule has 1 saturated carbocycles. The maximum atomic E-state index is 12.0. The minimum Gasteiger partial charge on any atom is -0.383 e. The fraction of sp³-hybridized carbons (Fsp3) is 0.474. The molecule has 11 heteroatoms. The summed E-state index contributed by atoms with van der Waals surface area (Å²) in [4.78, 5) is 22.1. The molecule has 2 aliphatic rings. The molecule has 1 unspecified atom stereocenters. The van der Waals surface area contributed by atoms with E-state index >= 15 is 0 Å². The Bertz CT molecular complexity index is 1160. The zero-order valence-electron chi connectivity index (χ0n) is 16.4. The van der Waals surface area contributed by atoms with Crippen LogP contribution in [0.2, 0.25) is 0 Å². The quantitative estimate of drug-likeness (QED) is 0.511. The van der Waals surface area contributed by atoms with Gasteiger partial charge >= 0.3 is 0 Å².